The van der Waals surface area contributed by atoms with E-state index in [2.05, 4.69) is 10.6 Å². The van der Waals surface area contributed by atoms with Gasteiger partial charge in [-0.15, -0.1) is 0 Å². The van der Waals surface area contributed by atoms with Crippen LogP contribution in [-0.4, -0.2) is 19.0 Å². The van der Waals surface area contributed by atoms with Gasteiger partial charge in [0.15, 0.2) is 0 Å². The first-order valence-electron chi connectivity index (χ1n) is 5.89. The van der Waals surface area contributed by atoms with Crippen molar-refractivity contribution in [1.29, 1.82) is 0 Å². The third-order valence-corrected chi connectivity index (χ3v) is 2.55. The first-order chi connectivity index (χ1) is 8.13. The normalized spacial score (nSPS) is 12.2. The zero-order valence-electron chi connectivity index (χ0n) is 10.3. The summed E-state index contributed by atoms with van der Waals surface area (Å²) in [5.74, 6) is -0.186. The van der Waals surface area contributed by atoms with Crippen molar-refractivity contribution in [2.75, 3.05) is 13.1 Å². The number of benzene rings is 1. The number of hydrogen-bond donors (Lipinski definition) is 2. The minimum absolute atomic E-state index is 0.0475. The SMILES string of the molecule is CCNC(=O)CCN[C@H](C)c1ccc(F)cc1. The average molecular weight is 238 g/mol. The highest BCUT2D eigenvalue weighted by Gasteiger charge is 2.05. The molecule has 0 aliphatic carbocycles. The van der Waals surface area contributed by atoms with Gasteiger partial charge in [-0.3, -0.25) is 4.79 Å². The quantitative estimate of drug-likeness (QED) is 0.796. The van der Waals surface area contributed by atoms with Crippen molar-refractivity contribution in [1.82, 2.24) is 10.6 Å². The first-order valence-corrected chi connectivity index (χ1v) is 5.89. The zero-order valence-corrected chi connectivity index (χ0v) is 10.3. The van der Waals surface area contributed by atoms with Crippen LogP contribution in [0.2, 0.25) is 0 Å². The van der Waals surface area contributed by atoms with Gasteiger partial charge in [0.05, 0.1) is 0 Å². The third-order valence-electron chi connectivity index (χ3n) is 2.55. The Morgan fingerprint density at radius 3 is 2.59 bits per heavy atom. The van der Waals surface area contributed by atoms with E-state index in [4.69, 9.17) is 0 Å². The fourth-order valence-corrected chi connectivity index (χ4v) is 1.56. The summed E-state index contributed by atoms with van der Waals surface area (Å²) in [6.07, 6.45) is 0.458. The summed E-state index contributed by atoms with van der Waals surface area (Å²) in [4.78, 5) is 11.2. The molecule has 0 aliphatic heterocycles. The Labute approximate surface area is 101 Å². The van der Waals surface area contributed by atoms with Crippen molar-refractivity contribution >= 4 is 5.91 Å². The second-order valence-corrected chi connectivity index (χ2v) is 3.93. The molecule has 17 heavy (non-hydrogen) atoms. The number of nitrogens with one attached hydrogen (secondary N) is 2. The molecule has 0 aliphatic rings. The lowest BCUT2D eigenvalue weighted by Gasteiger charge is -2.13. The molecular formula is C13H19FN2O. The summed E-state index contributed by atoms with van der Waals surface area (Å²) < 4.78 is 12.7. The maximum Gasteiger partial charge on any atom is 0.221 e. The average Bonchev–Trinajstić information content (AvgIpc) is 2.30. The van der Waals surface area contributed by atoms with Crippen LogP contribution < -0.4 is 10.6 Å². The van der Waals surface area contributed by atoms with Crippen LogP contribution in [0, 0.1) is 5.82 Å². The minimum atomic E-state index is -0.233. The molecule has 0 unspecified atom stereocenters. The molecule has 1 aromatic rings. The highest BCUT2D eigenvalue weighted by molar-refractivity contribution is 5.75. The van der Waals surface area contributed by atoms with Gasteiger partial charge in [-0.2, -0.15) is 0 Å². The maximum atomic E-state index is 12.7. The lowest BCUT2D eigenvalue weighted by molar-refractivity contribution is -0.120. The summed E-state index contributed by atoms with van der Waals surface area (Å²) in [6.45, 7) is 5.16. The molecule has 0 saturated carbocycles. The largest absolute Gasteiger partial charge is 0.356 e. The molecule has 1 aromatic carbocycles. The van der Waals surface area contributed by atoms with Crippen LogP contribution in [0.3, 0.4) is 0 Å². The van der Waals surface area contributed by atoms with E-state index in [1.54, 1.807) is 12.1 Å². The molecule has 0 radical (unpaired) electrons. The summed E-state index contributed by atoms with van der Waals surface area (Å²) >= 11 is 0. The van der Waals surface area contributed by atoms with Crippen molar-refractivity contribution in [2.45, 2.75) is 26.3 Å². The number of amides is 1. The van der Waals surface area contributed by atoms with Gasteiger partial charge in [0, 0.05) is 25.6 Å². The molecule has 94 valence electrons. The fraction of sp³-hybridized carbons (Fsp3) is 0.462. The molecule has 4 heteroatoms. The summed E-state index contributed by atoms with van der Waals surface area (Å²) in [5, 5.41) is 5.96. The lowest BCUT2D eigenvalue weighted by atomic mass is 10.1. The monoisotopic (exact) mass is 238 g/mol. The zero-order chi connectivity index (χ0) is 12.7. The Balaban J connectivity index is 2.32. The first kappa shape index (κ1) is 13.6. The van der Waals surface area contributed by atoms with Gasteiger partial charge in [-0.1, -0.05) is 12.1 Å². The number of rotatable bonds is 6. The standard InChI is InChI=1S/C13H19FN2O/c1-3-15-13(17)8-9-16-10(2)11-4-6-12(14)7-5-11/h4-7,10,16H,3,8-9H2,1-2H3,(H,15,17)/t10-/m1/s1. The molecule has 0 spiro atoms. The lowest BCUT2D eigenvalue weighted by Crippen LogP contribution is -2.28. The number of halogens is 1. The topological polar surface area (TPSA) is 41.1 Å². The second kappa shape index (κ2) is 7.01. The fourth-order valence-electron chi connectivity index (χ4n) is 1.56. The van der Waals surface area contributed by atoms with E-state index < -0.39 is 0 Å². The third kappa shape index (κ3) is 4.95. The predicted octanol–water partition coefficient (Wildman–Crippen LogP) is 2.00. The van der Waals surface area contributed by atoms with E-state index in [0.29, 0.717) is 19.5 Å². The molecule has 0 fully saturated rings. The highest BCUT2D eigenvalue weighted by Crippen LogP contribution is 2.12. The molecule has 0 saturated heterocycles. The Bertz CT molecular complexity index is 351. The summed E-state index contributed by atoms with van der Waals surface area (Å²) in [7, 11) is 0. The van der Waals surface area contributed by atoms with Gasteiger partial charge in [0.2, 0.25) is 5.91 Å². The smallest absolute Gasteiger partial charge is 0.221 e. The molecule has 1 amide bonds. The van der Waals surface area contributed by atoms with Crippen molar-refractivity contribution in [3.8, 4) is 0 Å². The summed E-state index contributed by atoms with van der Waals surface area (Å²) in [6, 6.07) is 6.50. The molecular weight excluding hydrogens is 219 g/mol. The maximum absolute atomic E-state index is 12.7. The van der Waals surface area contributed by atoms with E-state index in [0.717, 1.165) is 5.56 Å². The molecule has 3 nitrogen and oxygen atoms in total. The van der Waals surface area contributed by atoms with Gasteiger partial charge < -0.3 is 10.6 Å². The van der Waals surface area contributed by atoms with Crippen LogP contribution in [0.5, 0.6) is 0 Å². The number of hydrogen-bond acceptors (Lipinski definition) is 2. The Morgan fingerprint density at radius 1 is 1.35 bits per heavy atom. The van der Waals surface area contributed by atoms with Gasteiger partial charge in [0.1, 0.15) is 5.82 Å². The number of carbonyl (C=O) groups excluding carboxylic acids is 1. The minimum Gasteiger partial charge on any atom is -0.356 e. The molecule has 1 rings (SSSR count). The molecule has 0 bridgehead atoms. The van der Waals surface area contributed by atoms with Gasteiger partial charge in [0.25, 0.3) is 0 Å². The molecule has 1 atom stereocenters. The van der Waals surface area contributed by atoms with E-state index in [-0.39, 0.29) is 17.8 Å². The van der Waals surface area contributed by atoms with E-state index in [1.807, 2.05) is 13.8 Å². The van der Waals surface area contributed by atoms with Gasteiger partial charge in [-0.25, -0.2) is 4.39 Å². The second-order valence-electron chi connectivity index (χ2n) is 3.93. The molecule has 2 N–H and O–H groups in total. The van der Waals surface area contributed by atoms with Crippen molar-refractivity contribution in [2.24, 2.45) is 0 Å². The van der Waals surface area contributed by atoms with E-state index >= 15 is 0 Å². The molecule has 0 heterocycles. The van der Waals surface area contributed by atoms with Gasteiger partial charge >= 0.3 is 0 Å². The van der Waals surface area contributed by atoms with Crippen LogP contribution in [0.4, 0.5) is 4.39 Å². The van der Waals surface area contributed by atoms with Crippen LogP contribution in [0.1, 0.15) is 31.9 Å². The Hall–Kier alpha value is -1.42. The number of carbonyl (C=O) groups is 1. The van der Waals surface area contributed by atoms with Crippen molar-refractivity contribution in [3.63, 3.8) is 0 Å². The van der Waals surface area contributed by atoms with Crippen molar-refractivity contribution < 1.29 is 9.18 Å². The highest BCUT2D eigenvalue weighted by atomic mass is 19.1. The Morgan fingerprint density at radius 2 is 2.00 bits per heavy atom. The summed E-state index contributed by atoms with van der Waals surface area (Å²) in [5.41, 5.74) is 1.02. The van der Waals surface area contributed by atoms with Crippen molar-refractivity contribution in [3.05, 3.63) is 35.6 Å². The molecule has 0 aromatic heterocycles. The predicted molar refractivity (Wildman–Crippen MR) is 66.1 cm³/mol. The Kier molecular flexibility index (Phi) is 5.63. The van der Waals surface area contributed by atoms with Crippen LogP contribution in [-0.2, 0) is 4.79 Å². The van der Waals surface area contributed by atoms with Crippen LogP contribution in [0.25, 0.3) is 0 Å². The van der Waals surface area contributed by atoms with Gasteiger partial charge in [-0.05, 0) is 31.5 Å². The van der Waals surface area contributed by atoms with E-state index in [1.165, 1.54) is 12.1 Å². The van der Waals surface area contributed by atoms with Crippen LogP contribution >= 0.6 is 0 Å². The van der Waals surface area contributed by atoms with Crippen LogP contribution in [0.15, 0.2) is 24.3 Å². The van der Waals surface area contributed by atoms with E-state index in [9.17, 15) is 9.18 Å².